The second kappa shape index (κ2) is 5.10. The summed E-state index contributed by atoms with van der Waals surface area (Å²) in [4.78, 5) is 16.4. The molecule has 0 radical (unpaired) electrons. The van der Waals surface area contributed by atoms with Crippen LogP contribution in [-0.2, 0) is 0 Å². The number of rotatable bonds is 2. The van der Waals surface area contributed by atoms with E-state index in [0.717, 1.165) is 16.8 Å². The van der Waals surface area contributed by atoms with Crippen molar-refractivity contribution >= 4 is 17.3 Å². The number of aromatic nitrogens is 1. The van der Waals surface area contributed by atoms with E-state index in [4.69, 9.17) is 5.73 Å². The number of pyridine rings is 1. The van der Waals surface area contributed by atoms with Crippen LogP contribution >= 0.6 is 0 Å². The van der Waals surface area contributed by atoms with Crippen molar-refractivity contribution in [1.29, 1.82) is 0 Å². The molecule has 4 heteroatoms. The minimum atomic E-state index is -0.164. The van der Waals surface area contributed by atoms with Crippen molar-refractivity contribution in [3.63, 3.8) is 0 Å². The molecule has 4 nitrogen and oxygen atoms in total. The predicted octanol–water partition coefficient (Wildman–Crippen LogP) is 2.84. The van der Waals surface area contributed by atoms with E-state index in [-0.39, 0.29) is 5.91 Å². The Labute approximate surface area is 112 Å². The molecule has 19 heavy (non-hydrogen) atoms. The molecule has 0 aliphatic rings. The summed E-state index contributed by atoms with van der Waals surface area (Å²) < 4.78 is 0. The Morgan fingerprint density at radius 1 is 1.21 bits per heavy atom. The standard InChI is InChI=1S/C15H17N3O/c1-9-6-7-13(16)10(2)14(9)18-15(19)12-5-4-8-17-11(12)3/h4-8H,16H2,1-3H3,(H,18,19). The summed E-state index contributed by atoms with van der Waals surface area (Å²) in [5, 5.41) is 2.92. The van der Waals surface area contributed by atoms with Crippen LogP contribution in [0.4, 0.5) is 11.4 Å². The first-order valence-electron chi connectivity index (χ1n) is 6.09. The van der Waals surface area contributed by atoms with Crippen molar-refractivity contribution in [1.82, 2.24) is 4.98 Å². The van der Waals surface area contributed by atoms with E-state index < -0.39 is 0 Å². The van der Waals surface area contributed by atoms with E-state index in [0.29, 0.717) is 16.9 Å². The average Bonchev–Trinajstić information content (AvgIpc) is 2.39. The first-order valence-corrected chi connectivity index (χ1v) is 6.09. The number of carbonyl (C=O) groups excluding carboxylic acids is 1. The van der Waals surface area contributed by atoms with Gasteiger partial charge in [-0.15, -0.1) is 0 Å². The topological polar surface area (TPSA) is 68.0 Å². The number of hydrogen-bond donors (Lipinski definition) is 2. The number of nitrogens with two attached hydrogens (primary N) is 1. The highest BCUT2D eigenvalue weighted by molar-refractivity contribution is 6.06. The fourth-order valence-corrected chi connectivity index (χ4v) is 1.96. The van der Waals surface area contributed by atoms with Crippen LogP contribution in [-0.4, -0.2) is 10.9 Å². The average molecular weight is 255 g/mol. The Balaban J connectivity index is 2.35. The van der Waals surface area contributed by atoms with Crippen molar-refractivity contribution in [2.24, 2.45) is 0 Å². The highest BCUT2D eigenvalue weighted by Gasteiger charge is 2.13. The molecule has 0 unspecified atom stereocenters. The van der Waals surface area contributed by atoms with E-state index in [1.807, 2.05) is 32.9 Å². The smallest absolute Gasteiger partial charge is 0.257 e. The molecular formula is C15H17N3O. The van der Waals surface area contributed by atoms with Crippen LogP contribution in [0.1, 0.15) is 27.2 Å². The van der Waals surface area contributed by atoms with Gasteiger partial charge >= 0.3 is 0 Å². The molecule has 0 fully saturated rings. The fraction of sp³-hybridized carbons (Fsp3) is 0.200. The van der Waals surface area contributed by atoms with E-state index >= 15 is 0 Å². The van der Waals surface area contributed by atoms with E-state index in [2.05, 4.69) is 10.3 Å². The minimum Gasteiger partial charge on any atom is -0.398 e. The maximum atomic E-state index is 12.3. The molecule has 2 rings (SSSR count). The lowest BCUT2D eigenvalue weighted by Gasteiger charge is -2.14. The Morgan fingerprint density at radius 3 is 2.63 bits per heavy atom. The third-order valence-electron chi connectivity index (χ3n) is 3.21. The molecule has 0 atom stereocenters. The predicted molar refractivity (Wildman–Crippen MR) is 77.3 cm³/mol. The highest BCUT2D eigenvalue weighted by Crippen LogP contribution is 2.25. The number of nitrogens with one attached hydrogen (secondary N) is 1. The quantitative estimate of drug-likeness (QED) is 0.811. The molecule has 1 aromatic heterocycles. The first-order chi connectivity index (χ1) is 9.00. The lowest BCUT2D eigenvalue weighted by atomic mass is 10.1. The highest BCUT2D eigenvalue weighted by atomic mass is 16.1. The van der Waals surface area contributed by atoms with E-state index in [1.165, 1.54) is 0 Å². The van der Waals surface area contributed by atoms with E-state index in [9.17, 15) is 4.79 Å². The molecule has 0 saturated carbocycles. The molecular weight excluding hydrogens is 238 g/mol. The van der Waals surface area contributed by atoms with Crippen LogP contribution in [0.5, 0.6) is 0 Å². The van der Waals surface area contributed by atoms with Gasteiger partial charge < -0.3 is 11.1 Å². The van der Waals surface area contributed by atoms with E-state index in [1.54, 1.807) is 18.3 Å². The number of benzene rings is 1. The second-order valence-corrected chi connectivity index (χ2v) is 4.56. The van der Waals surface area contributed by atoms with Gasteiger partial charge in [0.15, 0.2) is 0 Å². The van der Waals surface area contributed by atoms with Gasteiger partial charge in [0, 0.05) is 23.3 Å². The van der Waals surface area contributed by atoms with Crippen molar-refractivity contribution in [2.45, 2.75) is 20.8 Å². The molecule has 0 saturated heterocycles. The molecule has 1 aromatic carbocycles. The summed E-state index contributed by atoms with van der Waals surface area (Å²) in [6, 6.07) is 7.25. The zero-order valence-electron chi connectivity index (χ0n) is 11.3. The Hall–Kier alpha value is -2.36. The van der Waals surface area contributed by atoms with Gasteiger partial charge in [-0.3, -0.25) is 9.78 Å². The monoisotopic (exact) mass is 255 g/mol. The van der Waals surface area contributed by atoms with Gasteiger partial charge in [0.05, 0.1) is 5.56 Å². The number of nitrogens with zero attached hydrogens (tertiary/aromatic N) is 1. The first kappa shape index (κ1) is 13.1. The largest absolute Gasteiger partial charge is 0.398 e. The third-order valence-corrected chi connectivity index (χ3v) is 3.21. The fourth-order valence-electron chi connectivity index (χ4n) is 1.96. The van der Waals surface area contributed by atoms with Gasteiger partial charge in [0.2, 0.25) is 0 Å². The maximum absolute atomic E-state index is 12.3. The molecule has 2 aromatic rings. The second-order valence-electron chi connectivity index (χ2n) is 4.56. The van der Waals surface area contributed by atoms with Gasteiger partial charge in [0.25, 0.3) is 5.91 Å². The summed E-state index contributed by atoms with van der Waals surface area (Å²) >= 11 is 0. The van der Waals surface area contributed by atoms with Crippen molar-refractivity contribution in [3.8, 4) is 0 Å². The molecule has 0 bridgehead atoms. The SMILES string of the molecule is Cc1ccc(N)c(C)c1NC(=O)c1cccnc1C. The van der Waals surface area contributed by atoms with Gasteiger partial charge in [-0.1, -0.05) is 6.07 Å². The number of hydrogen-bond acceptors (Lipinski definition) is 3. The normalized spacial score (nSPS) is 10.3. The van der Waals surface area contributed by atoms with Crippen LogP contribution in [0.3, 0.4) is 0 Å². The van der Waals surface area contributed by atoms with Crippen LogP contribution in [0, 0.1) is 20.8 Å². The van der Waals surface area contributed by atoms with Crippen LogP contribution in [0.15, 0.2) is 30.5 Å². The van der Waals surface area contributed by atoms with Gasteiger partial charge in [-0.2, -0.15) is 0 Å². The number of nitrogen functional groups attached to an aromatic ring is 1. The van der Waals surface area contributed by atoms with Crippen LogP contribution in [0.25, 0.3) is 0 Å². The minimum absolute atomic E-state index is 0.164. The van der Waals surface area contributed by atoms with Crippen molar-refractivity contribution in [3.05, 3.63) is 52.8 Å². The van der Waals surface area contributed by atoms with Gasteiger partial charge in [0.1, 0.15) is 0 Å². The zero-order chi connectivity index (χ0) is 14.0. The summed E-state index contributed by atoms with van der Waals surface area (Å²) in [6.07, 6.45) is 1.67. The Bertz CT molecular complexity index is 635. The molecule has 3 N–H and O–H groups in total. The lowest BCUT2D eigenvalue weighted by molar-refractivity contribution is 0.102. The molecule has 0 spiro atoms. The zero-order valence-corrected chi connectivity index (χ0v) is 11.3. The lowest BCUT2D eigenvalue weighted by Crippen LogP contribution is -2.16. The maximum Gasteiger partial charge on any atom is 0.257 e. The molecule has 1 heterocycles. The number of aryl methyl sites for hydroxylation is 2. The number of amides is 1. The molecule has 0 aliphatic carbocycles. The molecule has 0 aliphatic heterocycles. The Morgan fingerprint density at radius 2 is 1.95 bits per heavy atom. The summed E-state index contributed by atoms with van der Waals surface area (Å²) in [7, 11) is 0. The van der Waals surface area contributed by atoms with Crippen LogP contribution in [0.2, 0.25) is 0 Å². The Kier molecular flexibility index (Phi) is 3.51. The molecule has 1 amide bonds. The van der Waals surface area contributed by atoms with Crippen molar-refractivity contribution < 1.29 is 4.79 Å². The van der Waals surface area contributed by atoms with Crippen molar-refractivity contribution in [2.75, 3.05) is 11.1 Å². The summed E-state index contributed by atoms with van der Waals surface area (Å²) in [5.74, 6) is -0.164. The summed E-state index contributed by atoms with van der Waals surface area (Å²) in [6.45, 7) is 5.65. The van der Waals surface area contributed by atoms with Gasteiger partial charge in [-0.05, 0) is 50.1 Å². The number of anilines is 2. The summed E-state index contributed by atoms with van der Waals surface area (Å²) in [5.41, 5.74) is 10.5. The number of carbonyl (C=O) groups is 1. The van der Waals surface area contributed by atoms with Crippen LogP contribution < -0.4 is 11.1 Å². The molecule has 98 valence electrons. The third kappa shape index (κ3) is 2.57. The van der Waals surface area contributed by atoms with Gasteiger partial charge in [-0.25, -0.2) is 0 Å².